The van der Waals surface area contributed by atoms with Crippen LogP contribution in [-0.4, -0.2) is 22.0 Å². The number of aryl methyl sites for hydroxylation is 1. The summed E-state index contributed by atoms with van der Waals surface area (Å²) in [5.41, 5.74) is 0.906. The summed E-state index contributed by atoms with van der Waals surface area (Å²) >= 11 is 1.34. The molecule has 2 heterocycles. The molecule has 1 saturated heterocycles. The first-order valence-electron chi connectivity index (χ1n) is 5.95. The Labute approximate surface area is 118 Å². The van der Waals surface area contributed by atoms with Gasteiger partial charge in [0.25, 0.3) is 5.69 Å². The molecule has 0 saturated carbocycles. The molecule has 1 aromatic carbocycles. The quantitative estimate of drug-likeness (QED) is 0.473. The van der Waals surface area contributed by atoms with E-state index in [0.717, 1.165) is 4.90 Å². The topological polar surface area (TPSA) is 80.5 Å². The van der Waals surface area contributed by atoms with Crippen LogP contribution in [0.5, 0.6) is 0 Å². The number of carbonyl (C=O) groups excluding carboxylic acids is 2. The first-order chi connectivity index (χ1) is 9.50. The fourth-order valence-electron chi connectivity index (χ4n) is 2.45. The number of amides is 2. The highest BCUT2D eigenvalue weighted by molar-refractivity contribution is 8.03. The lowest BCUT2D eigenvalue weighted by Crippen LogP contribution is -2.32. The predicted molar refractivity (Wildman–Crippen MR) is 74.3 cm³/mol. The first-order valence-corrected chi connectivity index (χ1v) is 6.90. The third kappa shape index (κ3) is 1.74. The lowest BCUT2D eigenvalue weighted by molar-refractivity contribution is -0.384. The van der Waals surface area contributed by atoms with Crippen LogP contribution in [0.4, 0.5) is 11.4 Å². The zero-order valence-corrected chi connectivity index (χ0v) is 11.3. The molecule has 7 heteroatoms. The van der Waals surface area contributed by atoms with Crippen LogP contribution in [-0.2, 0) is 9.59 Å². The maximum absolute atomic E-state index is 12.3. The van der Waals surface area contributed by atoms with E-state index in [0.29, 0.717) is 11.3 Å². The maximum Gasteiger partial charge on any atom is 0.269 e. The number of anilines is 1. The first kappa shape index (κ1) is 12.9. The van der Waals surface area contributed by atoms with E-state index < -0.39 is 16.1 Å². The second kappa shape index (κ2) is 4.45. The Morgan fingerprint density at radius 3 is 2.65 bits per heavy atom. The molecule has 1 fully saturated rings. The number of thioether (sulfide) groups is 1. The van der Waals surface area contributed by atoms with Gasteiger partial charge >= 0.3 is 0 Å². The van der Waals surface area contributed by atoms with Crippen molar-refractivity contribution < 1.29 is 14.5 Å². The van der Waals surface area contributed by atoms with Crippen LogP contribution >= 0.6 is 11.8 Å². The fraction of sp³-hybridized carbons (Fsp3) is 0.231. The minimum absolute atomic E-state index is 0.0557. The number of rotatable bonds is 2. The van der Waals surface area contributed by atoms with Gasteiger partial charge < -0.3 is 0 Å². The number of imide groups is 1. The van der Waals surface area contributed by atoms with Gasteiger partial charge in [0, 0.05) is 12.1 Å². The molecule has 2 unspecified atom stereocenters. The normalized spacial score (nSPS) is 24.4. The van der Waals surface area contributed by atoms with Crippen molar-refractivity contribution in [1.82, 2.24) is 0 Å². The average molecular weight is 290 g/mol. The molecular formula is C13H10N2O4S. The van der Waals surface area contributed by atoms with Crippen molar-refractivity contribution in [2.75, 3.05) is 4.90 Å². The summed E-state index contributed by atoms with van der Waals surface area (Å²) in [6.07, 6.45) is 1.73. The smallest absolute Gasteiger partial charge is 0.269 e. The third-order valence-electron chi connectivity index (χ3n) is 3.44. The monoisotopic (exact) mass is 290 g/mol. The molecule has 20 heavy (non-hydrogen) atoms. The number of carbonyl (C=O) groups is 2. The van der Waals surface area contributed by atoms with Crippen molar-refractivity contribution in [2.45, 2.75) is 12.2 Å². The van der Waals surface area contributed by atoms with E-state index in [1.54, 1.807) is 18.4 Å². The minimum Gasteiger partial charge on any atom is -0.273 e. The van der Waals surface area contributed by atoms with Gasteiger partial charge in [-0.25, -0.2) is 4.90 Å². The standard InChI is InChI=1S/C13H10N2O4S/c1-7-6-8(15(18)19)2-3-10(7)14-12(16)9-4-5-20-11(9)13(14)17/h2-6,9,11H,1H3. The summed E-state index contributed by atoms with van der Waals surface area (Å²) in [7, 11) is 0. The van der Waals surface area contributed by atoms with Crippen LogP contribution in [0.15, 0.2) is 29.7 Å². The van der Waals surface area contributed by atoms with Crippen LogP contribution in [0.3, 0.4) is 0 Å². The van der Waals surface area contributed by atoms with Crippen molar-refractivity contribution in [1.29, 1.82) is 0 Å². The molecule has 0 aromatic heterocycles. The maximum atomic E-state index is 12.3. The highest BCUT2D eigenvalue weighted by Gasteiger charge is 2.49. The lowest BCUT2D eigenvalue weighted by atomic mass is 10.1. The van der Waals surface area contributed by atoms with Gasteiger partial charge in [-0.15, -0.1) is 11.8 Å². The Morgan fingerprint density at radius 2 is 2.05 bits per heavy atom. The Balaban J connectivity index is 2.01. The second-order valence-corrected chi connectivity index (χ2v) is 5.70. The molecule has 2 aliphatic heterocycles. The fourth-order valence-corrected chi connectivity index (χ4v) is 3.48. The van der Waals surface area contributed by atoms with Gasteiger partial charge in [0.15, 0.2) is 0 Å². The zero-order chi connectivity index (χ0) is 14.4. The van der Waals surface area contributed by atoms with E-state index in [4.69, 9.17) is 0 Å². The Hall–Kier alpha value is -2.15. The summed E-state index contributed by atoms with van der Waals surface area (Å²) in [5, 5.41) is 12.1. The number of nitro groups is 1. The van der Waals surface area contributed by atoms with E-state index in [9.17, 15) is 19.7 Å². The molecule has 0 aliphatic carbocycles. The average Bonchev–Trinajstić information content (AvgIpc) is 2.96. The zero-order valence-electron chi connectivity index (χ0n) is 10.5. The van der Waals surface area contributed by atoms with Gasteiger partial charge in [-0.2, -0.15) is 0 Å². The van der Waals surface area contributed by atoms with E-state index in [-0.39, 0.29) is 17.5 Å². The largest absolute Gasteiger partial charge is 0.273 e. The highest BCUT2D eigenvalue weighted by Crippen LogP contribution is 2.40. The minimum atomic E-state index is -0.502. The van der Waals surface area contributed by atoms with Gasteiger partial charge in [-0.1, -0.05) is 6.08 Å². The van der Waals surface area contributed by atoms with E-state index in [1.165, 1.54) is 30.0 Å². The summed E-state index contributed by atoms with van der Waals surface area (Å²) < 4.78 is 0. The number of hydrogen-bond donors (Lipinski definition) is 0. The molecule has 0 spiro atoms. The SMILES string of the molecule is Cc1cc([N+](=O)[O-])ccc1N1C(=O)C2C=CSC2C1=O. The van der Waals surface area contributed by atoms with Gasteiger partial charge in [0.1, 0.15) is 5.25 Å². The molecule has 0 bridgehead atoms. The van der Waals surface area contributed by atoms with E-state index in [2.05, 4.69) is 0 Å². The third-order valence-corrected chi connectivity index (χ3v) is 4.54. The lowest BCUT2D eigenvalue weighted by Gasteiger charge is -2.17. The molecule has 102 valence electrons. The Kier molecular flexibility index (Phi) is 2.86. The summed E-state index contributed by atoms with van der Waals surface area (Å²) in [6.45, 7) is 1.65. The van der Waals surface area contributed by atoms with Crippen molar-refractivity contribution in [3.63, 3.8) is 0 Å². The second-order valence-electron chi connectivity index (χ2n) is 4.65. The number of nitro benzene ring substituents is 1. The van der Waals surface area contributed by atoms with Crippen molar-refractivity contribution in [2.24, 2.45) is 5.92 Å². The van der Waals surface area contributed by atoms with Crippen LogP contribution < -0.4 is 4.90 Å². The van der Waals surface area contributed by atoms with Crippen LogP contribution in [0.25, 0.3) is 0 Å². The molecule has 1 aromatic rings. The predicted octanol–water partition coefficient (Wildman–Crippen LogP) is 2.02. The van der Waals surface area contributed by atoms with Crippen LogP contribution in [0.1, 0.15) is 5.56 Å². The number of non-ortho nitro benzene ring substituents is 1. The Morgan fingerprint density at radius 1 is 1.30 bits per heavy atom. The van der Waals surface area contributed by atoms with Crippen LogP contribution in [0, 0.1) is 23.0 Å². The molecule has 6 nitrogen and oxygen atoms in total. The van der Waals surface area contributed by atoms with Gasteiger partial charge in [0.05, 0.1) is 16.5 Å². The van der Waals surface area contributed by atoms with Crippen molar-refractivity contribution in [3.8, 4) is 0 Å². The Bertz CT molecular complexity index is 670. The van der Waals surface area contributed by atoms with Crippen molar-refractivity contribution >= 4 is 35.0 Å². The van der Waals surface area contributed by atoms with Gasteiger partial charge in [-0.3, -0.25) is 19.7 Å². The van der Waals surface area contributed by atoms with Crippen molar-refractivity contribution in [3.05, 3.63) is 45.4 Å². The summed E-state index contributed by atoms with van der Waals surface area (Å²) in [6, 6.07) is 4.13. The van der Waals surface area contributed by atoms with E-state index in [1.807, 2.05) is 0 Å². The molecule has 2 aliphatic rings. The summed E-state index contributed by atoms with van der Waals surface area (Å²) in [5.74, 6) is -0.938. The highest BCUT2D eigenvalue weighted by atomic mass is 32.2. The molecule has 2 atom stereocenters. The van der Waals surface area contributed by atoms with Crippen LogP contribution in [0.2, 0.25) is 0 Å². The molecule has 0 radical (unpaired) electrons. The number of benzene rings is 1. The number of nitrogens with zero attached hydrogens (tertiary/aromatic N) is 2. The molecular weight excluding hydrogens is 280 g/mol. The molecule has 3 rings (SSSR count). The number of fused-ring (bicyclic) bond motifs is 1. The van der Waals surface area contributed by atoms with E-state index >= 15 is 0 Å². The molecule has 0 N–H and O–H groups in total. The summed E-state index contributed by atoms with van der Waals surface area (Å²) in [4.78, 5) is 35.9. The number of hydrogen-bond acceptors (Lipinski definition) is 5. The molecule has 2 amide bonds. The van der Waals surface area contributed by atoms with Gasteiger partial charge in [0.2, 0.25) is 11.8 Å². The van der Waals surface area contributed by atoms with Gasteiger partial charge in [-0.05, 0) is 24.0 Å².